The monoisotopic (exact) mass is 454 g/mol. The van der Waals surface area contributed by atoms with Gasteiger partial charge in [0.1, 0.15) is 0 Å². The van der Waals surface area contributed by atoms with E-state index in [-0.39, 0.29) is 23.5 Å². The van der Waals surface area contributed by atoms with Crippen LogP contribution in [-0.4, -0.2) is 55.7 Å². The van der Waals surface area contributed by atoms with E-state index in [1.54, 1.807) is 17.3 Å². The van der Waals surface area contributed by atoms with Crippen LogP contribution in [0.5, 0.6) is 0 Å². The molecule has 0 aromatic heterocycles. The van der Waals surface area contributed by atoms with Crippen LogP contribution in [0.15, 0.2) is 35.9 Å². The van der Waals surface area contributed by atoms with Crippen molar-refractivity contribution < 1.29 is 9.53 Å². The summed E-state index contributed by atoms with van der Waals surface area (Å²) >= 11 is 1.57. The zero-order valence-electron chi connectivity index (χ0n) is 20.0. The standard InChI is InChI=1S/C27H38N2O2S/c1-26(2)19-10-9-18(22(26)15-19)16-29-13-11-27(12-14-29)21-8-6-5-7-20(21)24(25(27)31-3)28-23(30)17-32-4/h5-9,19,22,24-25H,10-17H2,1-4H3,(H,28,30)/t19-,22-,24+,25-/m0/s1. The van der Waals surface area contributed by atoms with Gasteiger partial charge in [-0.2, -0.15) is 11.8 Å². The second-order valence-electron chi connectivity index (χ2n) is 11.0. The van der Waals surface area contributed by atoms with Crippen molar-refractivity contribution in [1.82, 2.24) is 10.2 Å². The van der Waals surface area contributed by atoms with Gasteiger partial charge in [-0.05, 0) is 73.4 Å². The maximum absolute atomic E-state index is 12.5. The van der Waals surface area contributed by atoms with E-state index in [1.807, 2.05) is 13.4 Å². The number of piperidine rings is 1. The van der Waals surface area contributed by atoms with Gasteiger partial charge in [0.05, 0.1) is 17.9 Å². The highest BCUT2D eigenvalue weighted by atomic mass is 32.2. The molecule has 4 nitrogen and oxygen atoms in total. The Kier molecular flexibility index (Phi) is 5.96. The van der Waals surface area contributed by atoms with Crippen molar-refractivity contribution in [3.05, 3.63) is 47.0 Å². The molecule has 4 aliphatic carbocycles. The molecular formula is C27H38N2O2S. The molecule has 1 saturated carbocycles. The second kappa shape index (κ2) is 8.48. The molecule has 1 aromatic rings. The Morgan fingerprint density at radius 1 is 1.25 bits per heavy atom. The molecule has 1 saturated heterocycles. The van der Waals surface area contributed by atoms with E-state index >= 15 is 0 Å². The minimum absolute atomic E-state index is 0.00641. The smallest absolute Gasteiger partial charge is 0.230 e. The number of rotatable bonds is 6. The van der Waals surface area contributed by atoms with Crippen molar-refractivity contribution in [2.24, 2.45) is 17.3 Å². The summed E-state index contributed by atoms with van der Waals surface area (Å²) in [5, 5.41) is 3.30. The number of fused-ring (bicyclic) bond motifs is 3. The van der Waals surface area contributed by atoms with Gasteiger partial charge in [-0.15, -0.1) is 0 Å². The molecule has 174 valence electrons. The number of nitrogens with zero attached hydrogens (tertiary/aromatic N) is 1. The number of hydrogen-bond acceptors (Lipinski definition) is 4. The first-order valence-electron chi connectivity index (χ1n) is 12.2. The SMILES string of the molecule is CO[C@H]1[C@H](NC(=O)CSC)c2ccccc2C12CCN(CC1=CC[C@H]3C[C@@H]1C3(C)C)CC2. The van der Waals surface area contributed by atoms with Gasteiger partial charge >= 0.3 is 0 Å². The largest absolute Gasteiger partial charge is 0.378 e. The summed E-state index contributed by atoms with van der Waals surface area (Å²) in [7, 11) is 1.82. The molecule has 1 heterocycles. The average Bonchev–Trinajstić information content (AvgIpc) is 3.04. The fourth-order valence-corrected chi connectivity index (χ4v) is 7.64. The number of allylic oxidation sites excluding steroid dienone is 1. The van der Waals surface area contributed by atoms with Crippen LogP contribution in [0.4, 0.5) is 0 Å². The minimum Gasteiger partial charge on any atom is -0.378 e. The molecule has 1 amide bonds. The third kappa shape index (κ3) is 3.47. The fraction of sp³-hybridized carbons (Fsp3) is 0.667. The molecule has 0 radical (unpaired) electrons. The van der Waals surface area contributed by atoms with Gasteiger partial charge in [-0.3, -0.25) is 9.69 Å². The lowest BCUT2D eigenvalue weighted by molar-refractivity contribution is -0.120. The van der Waals surface area contributed by atoms with Gasteiger partial charge in [0.25, 0.3) is 0 Å². The molecular weight excluding hydrogens is 416 g/mol. The molecule has 32 heavy (non-hydrogen) atoms. The average molecular weight is 455 g/mol. The van der Waals surface area contributed by atoms with Gasteiger partial charge in [-0.1, -0.05) is 49.8 Å². The Bertz CT molecular complexity index is 903. The highest BCUT2D eigenvalue weighted by Crippen LogP contribution is 2.59. The van der Waals surface area contributed by atoms with E-state index in [0.29, 0.717) is 11.2 Å². The highest BCUT2D eigenvalue weighted by Gasteiger charge is 2.55. The Balaban J connectivity index is 1.33. The van der Waals surface area contributed by atoms with Crippen molar-refractivity contribution in [2.45, 2.75) is 57.1 Å². The molecule has 2 bridgehead atoms. The number of amides is 1. The van der Waals surface area contributed by atoms with Crippen LogP contribution < -0.4 is 5.32 Å². The normalized spacial score (nSPS) is 32.2. The number of thioether (sulfide) groups is 1. The fourth-order valence-electron chi connectivity index (χ4n) is 7.30. The molecule has 1 spiro atoms. The van der Waals surface area contributed by atoms with Crippen LogP contribution in [0.3, 0.4) is 0 Å². The lowest BCUT2D eigenvalue weighted by atomic mass is 9.49. The number of carbonyl (C=O) groups is 1. The maximum Gasteiger partial charge on any atom is 0.230 e. The van der Waals surface area contributed by atoms with E-state index in [1.165, 1.54) is 24.0 Å². The molecule has 1 aromatic carbocycles. The number of carbonyl (C=O) groups excluding carboxylic acids is 1. The van der Waals surface area contributed by atoms with Gasteiger partial charge < -0.3 is 10.1 Å². The summed E-state index contributed by atoms with van der Waals surface area (Å²) in [4.78, 5) is 15.2. The van der Waals surface area contributed by atoms with E-state index in [9.17, 15) is 4.79 Å². The topological polar surface area (TPSA) is 41.6 Å². The lowest BCUT2D eigenvalue weighted by Gasteiger charge is -2.57. The summed E-state index contributed by atoms with van der Waals surface area (Å²) in [6, 6.07) is 8.65. The van der Waals surface area contributed by atoms with Crippen LogP contribution in [0.25, 0.3) is 0 Å². The first kappa shape index (κ1) is 22.5. The summed E-state index contributed by atoms with van der Waals surface area (Å²) in [5.41, 5.74) is 4.81. The molecule has 6 rings (SSSR count). The predicted octanol–water partition coefficient (Wildman–Crippen LogP) is 4.56. The molecule has 5 heteroatoms. The number of ether oxygens (including phenoxy) is 1. The van der Waals surface area contributed by atoms with E-state index in [0.717, 1.165) is 44.3 Å². The molecule has 1 N–H and O–H groups in total. The van der Waals surface area contributed by atoms with E-state index in [4.69, 9.17) is 4.74 Å². The summed E-state index contributed by atoms with van der Waals surface area (Å²) in [6.45, 7) is 8.24. The molecule has 1 aliphatic heterocycles. The zero-order valence-corrected chi connectivity index (χ0v) is 20.8. The third-order valence-electron chi connectivity index (χ3n) is 9.26. The van der Waals surface area contributed by atoms with Gasteiger partial charge in [-0.25, -0.2) is 0 Å². The Labute approximate surface area is 197 Å². The highest BCUT2D eigenvalue weighted by molar-refractivity contribution is 7.99. The maximum atomic E-state index is 12.5. The van der Waals surface area contributed by atoms with Crippen molar-refractivity contribution in [3.63, 3.8) is 0 Å². The number of nitrogens with one attached hydrogen (secondary N) is 1. The Morgan fingerprint density at radius 3 is 2.66 bits per heavy atom. The quantitative estimate of drug-likeness (QED) is 0.640. The first-order chi connectivity index (χ1) is 15.4. The first-order valence-corrected chi connectivity index (χ1v) is 13.6. The molecule has 0 unspecified atom stereocenters. The lowest BCUT2D eigenvalue weighted by Crippen LogP contribution is -2.53. The Hall–Kier alpha value is -1.30. The molecule has 4 atom stereocenters. The summed E-state index contributed by atoms with van der Waals surface area (Å²) in [5.74, 6) is 2.27. The van der Waals surface area contributed by atoms with Gasteiger partial charge in [0.15, 0.2) is 0 Å². The summed E-state index contributed by atoms with van der Waals surface area (Å²) < 4.78 is 6.16. The van der Waals surface area contributed by atoms with Crippen molar-refractivity contribution in [3.8, 4) is 0 Å². The zero-order chi connectivity index (χ0) is 22.5. The number of hydrogen-bond donors (Lipinski definition) is 1. The van der Waals surface area contributed by atoms with Crippen molar-refractivity contribution in [2.75, 3.05) is 38.8 Å². The van der Waals surface area contributed by atoms with Crippen LogP contribution in [0.2, 0.25) is 0 Å². The summed E-state index contributed by atoms with van der Waals surface area (Å²) in [6.07, 6.45) is 9.35. The molecule has 5 aliphatic rings. The number of benzene rings is 1. The van der Waals surface area contributed by atoms with Crippen LogP contribution >= 0.6 is 11.8 Å². The van der Waals surface area contributed by atoms with Gasteiger partial charge in [0.2, 0.25) is 5.91 Å². The van der Waals surface area contributed by atoms with E-state index in [2.05, 4.69) is 54.4 Å². The van der Waals surface area contributed by atoms with Crippen LogP contribution in [-0.2, 0) is 14.9 Å². The number of methoxy groups -OCH3 is 1. The minimum atomic E-state index is -0.0591. The van der Waals surface area contributed by atoms with Crippen molar-refractivity contribution in [1.29, 1.82) is 0 Å². The molecule has 2 fully saturated rings. The van der Waals surface area contributed by atoms with Crippen molar-refractivity contribution >= 4 is 17.7 Å². The number of likely N-dealkylation sites (tertiary alicyclic amines) is 1. The van der Waals surface area contributed by atoms with Crippen LogP contribution in [0.1, 0.15) is 56.7 Å². The second-order valence-corrected chi connectivity index (χ2v) is 11.8. The van der Waals surface area contributed by atoms with Gasteiger partial charge in [0, 0.05) is 19.1 Å². The predicted molar refractivity (Wildman–Crippen MR) is 132 cm³/mol. The van der Waals surface area contributed by atoms with Crippen LogP contribution in [0, 0.1) is 17.3 Å². The third-order valence-corrected chi connectivity index (χ3v) is 9.81. The Morgan fingerprint density at radius 2 is 2.00 bits per heavy atom. The van der Waals surface area contributed by atoms with E-state index < -0.39 is 0 Å².